The van der Waals surface area contributed by atoms with E-state index in [4.69, 9.17) is 0 Å². The summed E-state index contributed by atoms with van der Waals surface area (Å²) < 4.78 is 46.5. The van der Waals surface area contributed by atoms with Gasteiger partial charge < -0.3 is 4.57 Å². The van der Waals surface area contributed by atoms with Gasteiger partial charge in [0.05, 0.1) is 0 Å². The molecule has 2 heterocycles. The Morgan fingerprint density at radius 3 is 1.36 bits per heavy atom. The third-order valence-electron chi connectivity index (χ3n) is 6.68. The summed E-state index contributed by atoms with van der Waals surface area (Å²) in [6, 6.07) is 31.1. The number of benzene rings is 5. The number of rotatable bonds is 3. The van der Waals surface area contributed by atoms with Gasteiger partial charge >= 0.3 is 0 Å². The Morgan fingerprint density at radius 2 is 0.889 bits per heavy atom. The van der Waals surface area contributed by atoms with E-state index in [1.54, 1.807) is 24.3 Å². The highest BCUT2D eigenvalue weighted by Crippen LogP contribution is 2.46. The molecule has 0 amide bonds. The Kier molecular flexibility index (Phi) is 4.91. The molecular formula is C30H17F2OPS2. The van der Waals surface area contributed by atoms with Gasteiger partial charge in [0.25, 0.3) is 0 Å². The minimum atomic E-state index is -3.23. The largest absolute Gasteiger partial charge is 0.309 e. The molecule has 36 heavy (non-hydrogen) atoms. The maximum atomic E-state index is 15.1. The van der Waals surface area contributed by atoms with Crippen LogP contribution >= 0.6 is 29.8 Å². The zero-order valence-electron chi connectivity index (χ0n) is 18.7. The second-order valence-electron chi connectivity index (χ2n) is 8.79. The quantitative estimate of drug-likeness (QED) is 0.212. The van der Waals surface area contributed by atoms with Crippen molar-refractivity contribution in [2.45, 2.75) is 0 Å². The minimum Gasteiger partial charge on any atom is -0.309 e. The SMILES string of the molecule is O=P(c1ccccc1)(c1ccc2c(c1)sc1cc(F)ccc12)c1ccc2c(c1)sc1cc(F)ccc12. The van der Waals surface area contributed by atoms with E-state index in [9.17, 15) is 8.78 Å². The highest BCUT2D eigenvalue weighted by Gasteiger charge is 2.31. The standard InChI is InChI=1S/C30H17F2OPS2/c31-18-6-10-23-25-12-8-21(16-29(25)35-27(23)14-18)34(33,20-4-2-1-3-5-20)22-9-13-26-24-11-7-19(32)15-28(24)36-30(26)17-22/h1-17H. The molecule has 0 fully saturated rings. The molecule has 2 aromatic heterocycles. The molecule has 7 rings (SSSR count). The molecule has 0 saturated carbocycles. The van der Waals surface area contributed by atoms with Crippen LogP contribution in [0.3, 0.4) is 0 Å². The molecule has 0 aliphatic rings. The predicted molar refractivity (Wildman–Crippen MR) is 152 cm³/mol. The van der Waals surface area contributed by atoms with Crippen molar-refractivity contribution in [2.24, 2.45) is 0 Å². The van der Waals surface area contributed by atoms with Crippen LogP contribution in [-0.2, 0) is 4.57 Å². The number of hydrogen-bond donors (Lipinski definition) is 0. The molecular weight excluding hydrogens is 509 g/mol. The molecule has 0 aliphatic heterocycles. The smallest absolute Gasteiger partial charge is 0.171 e. The van der Waals surface area contributed by atoms with Gasteiger partial charge in [0.1, 0.15) is 11.6 Å². The molecule has 0 aliphatic carbocycles. The van der Waals surface area contributed by atoms with Gasteiger partial charge in [-0.2, -0.15) is 0 Å². The zero-order valence-corrected chi connectivity index (χ0v) is 21.3. The van der Waals surface area contributed by atoms with Gasteiger partial charge in [-0.15, -0.1) is 22.7 Å². The fourth-order valence-corrected chi connectivity index (χ4v) is 10.1. The maximum Gasteiger partial charge on any atom is 0.171 e. The van der Waals surface area contributed by atoms with E-state index in [1.807, 2.05) is 66.7 Å². The van der Waals surface area contributed by atoms with Crippen LogP contribution in [0, 0.1) is 11.6 Å². The highest BCUT2D eigenvalue weighted by molar-refractivity contribution is 7.85. The third kappa shape index (κ3) is 3.27. The van der Waals surface area contributed by atoms with Crippen molar-refractivity contribution in [1.29, 1.82) is 0 Å². The molecule has 0 atom stereocenters. The number of halogens is 2. The molecule has 0 bridgehead atoms. The first kappa shape index (κ1) is 21.9. The second kappa shape index (κ2) is 8.07. The first-order chi connectivity index (χ1) is 17.5. The summed E-state index contributed by atoms with van der Waals surface area (Å²) in [5.41, 5.74) is 0. The van der Waals surface area contributed by atoms with Crippen molar-refractivity contribution in [3.8, 4) is 0 Å². The molecule has 5 aromatic carbocycles. The third-order valence-corrected chi connectivity index (χ3v) is 12.0. The molecule has 174 valence electrons. The van der Waals surface area contributed by atoms with Crippen molar-refractivity contribution in [3.05, 3.63) is 115 Å². The van der Waals surface area contributed by atoms with Crippen LogP contribution in [-0.4, -0.2) is 0 Å². The normalized spacial score (nSPS) is 12.3. The Labute approximate surface area is 213 Å². The summed E-state index contributed by atoms with van der Waals surface area (Å²) >= 11 is 3.02. The summed E-state index contributed by atoms with van der Waals surface area (Å²) in [5.74, 6) is -0.526. The average Bonchev–Trinajstić information content (AvgIpc) is 3.44. The molecule has 0 unspecified atom stereocenters. The molecule has 6 heteroatoms. The Hall–Kier alpha value is -3.37. The number of thiophene rings is 2. The van der Waals surface area contributed by atoms with Crippen molar-refractivity contribution < 1.29 is 13.3 Å². The average molecular weight is 527 g/mol. The van der Waals surface area contributed by atoms with Gasteiger partial charge in [-0.1, -0.05) is 66.7 Å². The van der Waals surface area contributed by atoms with Crippen LogP contribution in [0.1, 0.15) is 0 Å². The van der Waals surface area contributed by atoms with Gasteiger partial charge in [0.15, 0.2) is 7.14 Å². The van der Waals surface area contributed by atoms with Crippen LogP contribution in [0.25, 0.3) is 40.3 Å². The molecule has 0 spiro atoms. The molecule has 0 radical (unpaired) electrons. The van der Waals surface area contributed by atoms with Crippen LogP contribution in [0.15, 0.2) is 103 Å². The summed E-state index contributed by atoms with van der Waals surface area (Å²) in [7, 11) is -3.23. The van der Waals surface area contributed by atoms with Gasteiger partial charge in [-0.3, -0.25) is 0 Å². The van der Waals surface area contributed by atoms with Crippen LogP contribution in [0.5, 0.6) is 0 Å². The maximum absolute atomic E-state index is 15.1. The summed E-state index contributed by atoms with van der Waals surface area (Å²) in [6.45, 7) is 0. The molecule has 0 N–H and O–H groups in total. The number of fused-ring (bicyclic) bond motifs is 6. The second-order valence-corrected chi connectivity index (χ2v) is 13.7. The van der Waals surface area contributed by atoms with Crippen LogP contribution in [0.4, 0.5) is 8.78 Å². The Balaban J connectivity index is 1.48. The van der Waals surface area contributed by atoms with Crippen LogP contribution < -0.4 is 15.9 Å². The highest BCUT2D eigenvalue weighted by atomic mass is 32.1. The molecule has 1 nitrogen and oxygen atoms in total. The lowest BCUT2D eigenvalue weighted by molar-refractivity contribution is 0.592. The van der Waals surface area contributed by atoms with Crippen LogP contribution in [0.2, 0.25) is 0 Å². The van der Waals surface area contributed by atoms with E-state index < -0.39 is 7.14 Å². The monoisotopic (exact) mass is 526 g/mol. The fraction of sp³-hybridized carbons (Fsp3) is 0. The topological polar surface area (TPSA) is 17.1 Å². The van der Waals surface area contributed by atoms with Gasteiger partial charge in [-0.25, -0.2) is 8.78 Å². The van der Waals surface area contributed by atoms with Crippen molar-refractivity contribution in [1.82, 2.24) is 0 Å². The zero-order chi connectivity index (χ0) is 24.4. The van der Waals surface area contributed by atoms with Crippen molar-refractivity contribution in [3.63, 3.8) is 0 Å². The lowest BCUT2D eigenvalue weighted by atomic mass is 10.1. The minimum absolute atomic E-state index is 0.263. The van der Waals surface area contributed by atoms with E-state index in [1.165, 1.54) is 34.8 Å². The fourth-order valence-electron chi connectivity index (χ4n) is 4.96. The van der Waals surface area contributed by atoms with E-state index in [0.717, 1.165) is 56.3 Å². The summed E-state index contributed by atoms with van der Waals surface area (Å²) in [4.78, 5) is 0. The summed E-state index contributed by atoms with van der Waals surface area (Å²) in [5, 5.41) is 6.27. The Morgan fingerprint density at radius 1 is 0.472 bits per heavy atom. The Bertz CT molecular complexity index is 1880. The lowest BCUT2D eigenvalue weighted by Gasteiger charge is -2.20. The predicted octanol–water partition coefficient (Wildman–Crippen LogP) is 8.34. The lowest BCUT2D eigenvalue weighted by Crippen LogP contribution is -2.24. The number of hydrogen-bond acceptors (Lipinski definition) is 3. The molecule has 0 saturated heterocycles. The summed E-state index contributed by atoms with van der Waals surface area (Å²) in [6.07, 6.45) is 0. The van der Waals surface area contributed by atoms with E-state index in [-0.39, 0.29) is 11.6 Å². The first-order valence-corrected chi connectivity index (χ1v) is 14.8. The van der Waals surface area contributed by atoms with Gasteiger partial charge in [-0.05, 0) is 36.4 Å². The molecule has 7 aromatic rings. The van der Waals surface area contributed by atoms with Crippen molar-refractivity contribution >= 4 is 86.1 Å². The van der Waals surface area contributed by atoms with Gasteiger partial charge in [0.2, 0.25) is 0 Å². The van der Waals surface area contributed by atoms with E-state index in [0.29, 0.717) is 0 Å². The van der Waals surface area contributed by atoms with E-state index in [2.05, 4.69) is 0 Å². The van der Waals surface area contributed by atoms with Crippen molar-refractivity contribution in [2.75, 3.05) is 0 Å². The van der Waals surface area contributed by atoms with E-state index >= 15 is 4.57 Å². The van der Waals surface area contributed by atoms with Gasteiger partial charge in [0, 0.05) is 56.3 Å². The first-order valence-electron chi connectivity index (χ1n) is 11.4.